The van der Waals surface area contributed by atoms with Crippen LogP contribution in [-0.2, 0) is 0 Å². The molecule has 0 bridgehead atoms. The van der Waals surface area contributed by atoms with Crippen molar-refractivity contribution >= 4 is 16.8 Å². The molecule has 0 N–H and O–H groups in total. The number of hydrogen-bond acceptors (Lipinski definition) is 1. The molecule has 2 heteroatoms. The maximum atomic E-state index is 11.1. The summed E-state index contributed by atoms with van der Waals surface area (Å²) in [7, 11) is 0. The van der Waals surface area contributed by atoms with Crippen LogP contribution in [0.4, 0.5) is 0 Å². The van der Waals surface area contributed by atoms with Gasteiger partial charge in [0, 0.05) is 5.56 Å². The summed E-state index contributed by atoms with van der Waals surface area (Å²) < 4.78 is 0. The van der Waals surface area contributed by atoms with E-state index >= 15 is 0 Å². The molecule has 0 amide bonds. The molecule has 2 atom stereocenters. The fraction of sp³-hybridized carbons (Fsp3) is 0.316. The molecule has 21 heavy (non-hydrogen) atoms. The number of carbonyl (C=O) groups excluding carboxylic acids is 1. The van der Waals surface area contributed by atoms with E-state index in [2.05, 4.69) is 44.2 Å². The monoisotopic (exact) mass is 300 g/mol. The van der Waals surface area contributed by atoms with E-state index in [1.807, 2.05) is 24.3 Å². The zero-order valence-electron chi connectivity index (χ0n) is 12.6. The van der Waals surface area contributed by atoms with Gasteiger partial charge in [-0.25, -0.2) is 0 Å². The highest BCUT2D eigenvalue weighted by Crippen LogP contribution is 2.31. The molecule has 2 aromatic rings. The minimum atomic E-state index is -0.398. The average Bonchev–Trinajstić information content (AvgIpc) is 2.53. The summed E-state index contributed by atoms with van der Waals surface area (Å²) in [4.78, 5) is 11.1. The van der Waals surface area contributed by atoms with Gasteiger partial charge in [-0.15, -0.1) is 0 Å². The molecule has 0 saturated carbocycles. The first-order chi connectivity index (χ1) is 10.1. The molecule has 2 aromatic carbocycles. The lowest BCUT2D eigenvalue weighted by Gasteiger charge is -2.20. The van der Waals surface area contributed by atoms with Gasteiger partial charge in [0.25, 0.3) is 5.24 Å². The smallest absolute Gasteiger partial charge is 0.252 e. The van der Waals surface area contributed by atoms with Crippen LogP contribution in [0.3, 0.4) is 0 Å². The SMILES string of the molecule is CCC(CC(C)c1ccc(C(=O)Cl)cc1)c1ccccc1. The van der Waals surface area contributed by atoms with Gasteiger partial charge in [-0.2, -0.15) is 0 Å². The van der Waals surface area contributed by atoms with Gasteiger partial charge in [0.05, 0.1) is 0 Å². The number of carbonyl (C=O) groups is 1. The lowest BCUT2D eigenvalue weighted by Crippen LogP contribution is -2.04. The van der Waals surface area contributed by atoms with E-state index in [-0.39, 0.29) is 0 Å². The van der Waals surface area contributed by atoms with Crippen LogP contribution in [0.5, 0.6) is 0 Å². The average molecular weight is 301 g/mol. The van der Waals surface area contributed by atoms with Crippen molar-refractivity contribution in [3.05, 3.63) is 71.3 Å². The van der Waals surface area contributed by atoms with Gasteiger partial charge in [0.15, 0.2) is 0 Å². The van der Waals surface area contributed by atoms with Crippen molar-refractivity contribution in [2.24, 2.45) is 0 Å². The maximum absolute atomic E-state index is 11.1. The van der Waals surface area contributed by atoms with E-state index < -0.39 is 5.24 Å². The number of hydrogen-bond donors (Lipinski definition) is 0. The maximum Gasteiger partial charge on any atom is 0.252 e. The van der Waals surface area contributed by atoms with Crippen molar-refractivity contribution in [1.29, 1.82) is 0 Å². The number of halogens is 1. The molecular formula is C19H21ClO. The van der Waals surface area contributed by atoms with E-state index in [4.69, 9.17) is 11.6 Å². The van der Waals surface area contributed by atoms with Gasteiger partial charge in [-0.05, 0) is 59.5 Å². The van der Waals surface area contributed by atoms with Crippen molar-refractivity contribution in [3.63, 3.8) is 0 Å². The third-order valence-electron chi connectivity index (χ3n) is 4.11. The normalized spacial score (nSPS) is 13.7. The van der Waals surface area contributed by atoms with Crippen LogP contribution in [0, 0.1) is 0 Å². The first kappa shape index (κ1) is 15.8. The van der Waals surface area contributed by atoms with Gasteiger partial charge >= 0.3 is 0 Å². The number of benzene rings is 2. The summed E-state index contributed by atoms with van der Waals surface area (Å²) in [6, 6.07) is 18.3. The van der Waals surface area contributed by atoms with Gasteiger partial charge in [-0.1, -0.05) is 56.3 Å². The lowest BCUT2D eigenvalue weighted by molar-refractivity contribution is 0.108. The van der Waals surface area contributed by atoms with E-state index in [9.17, 15) is 4.79 Å². The minimum absolute atomic E-state index is 0.398. The van der Waals surface area contributed by atoms with Gasteiger partial charge in [0.1, 0.15) is 0 Å². The third-order valence-corrected chi connectivity index (χ3v) is 4.33. The molecule has 0 aliphatic rings. The zero-order valence-corrected chi connectivity index (χ0v) is 13.3. The highest BCUT2D eigenvalue weighted by molar-refractivity contribution is 6.67. The molecule has 2 rings (SSSR count). The molecule has 0 aliphatic carbocycles. The summed E-state index contributed by atoms with van der Waals surface area (Å²) in [5, 5.41) is -0.398. The van der Waals surface area contributed by atoms with Gasteiger partial charge in [-0.3, -0.25) is 4.79 Å². The van der Waals surface area contributed by atoms with E-state index in [0.29, 0.717) is 17.4 Å². The highest BCUT2D eigenvalue weighted by Gasteiger charge is 2.15. The first-order valence-corrected chi connectivity index (χ1v) is 7.84. The molecule has 0 aromatic heterocycles. The summed E-state index contributed by atoms with van der Waals surface area (Å²) in [5.41, 5.74) is 3.22. The topological polar surface area (TPSA) is 17.1 Å². The van der Waals surface area contributed by atoms with Crippen LogP contribution < -0.4 is 0 Å². The Morgan fingerprint density at radius 3 is 2.14 bits per heavy atom. The molecule has 1 nitrogen and oxygen atoms in total. The fourth-order valence-corrected chi connectivity index (χ4v) is 2.90. The van der Waals surface area contributed by atoms with Crippen molar-refractivity contribution in [2.75, 3.05) is 0 Å². The molecule has 0 heterocycles. The van der Waals surface area contributed by atoms with E-state index in [0.717, 1.165) is 12.8 Å². The predicted molar refractivity (Wildman–Crippen MR) is 89.1 cm³/mol. The molecule has 0 aliphatic heterocycles. The van der Waals surface area contributed by atoms with Crippen LogP contribution in [0.15, 0.2) is 54.6 Å². The Hall–Kier alpha value is -1.60. The molecule has 0 fully saturated rings. The first-order valence-electron chi connectivity index (χ1n) is 7.46. The van der Waals surface area contributed by atoms with Crippen molar-refractivity contribution in [2.45, 2.75) is 38.5 Å². The molecule has 2 unspecified atom stereocenters. The van der Waals surface area contributed by atoms with Gasteiger partial charge < -0.3 is 0 Å². The van der Waals surface area contributed by atoms with Crippen LogP contribution in [0.25, 0.3) is 0 Å². The fourth-order valence-electron chi connectivity index (χ4n) is 2.77. The van der Waals surface area contributed by atoms with E-state index in [1.165, 1.54) is 11.1 Å². The second-order valence-electron chi connectivity index (χ2n) is 5.55. The molecule has 110 valence electrons. The van der Waals surface area contributed by atoms with Crippen LogP contribution in [0.1, 0.15) is 60.0 Å². The molecule has 0 spiro atoms. The Bertz CT molecular complexity index is 574. The summed E-state index contributed by atoms with van der Waals surface area (Å²) >= 11 is 5.48. The molecular weight excluding hydrogens is 280 g/mol. The summed E-state index contributed by atoms with van der Waals surface area (Å²) in [5.74, 6) is 1.02. The number of rotatable bonds is 6. The Labute approximate surface area is 132 Å². The zero-order chi connectivity index (χ0) is 15.2. The van der Waals surface area contributed by atoms with Crippen LogP contribution in [-0.4, -0.2) is 5.24 Å². The highest BCUT2D eigenvalue weighted by atomic mass is 35.5. The van der Waals surface area contributed by atoms with Crippen LogP contribution >= 0.6 is 11.6 Å². The van der Waals surface area contributed by atoms with Crippen LogP contribution in [0.2, 0.25) is 0 Å². The predicted octanol–water partition coefficient (Wildman–Crippen LogP) is 5.75. The Morgan fingerprint density at radius 2 is 1.62 bits per heavy atom. The Morgan fingerprint density at radius 1 is 1.00 bits per heavy atom. The summed E-state index contributed by atoms with van der Waals surface area (Å²) in [6.45, 7) is 4.47. The lowest BCUT2D eigenvalue weighted by atomic mass is 9.84. The second-order valence-corrected chi connectivity index (χ2v) is 5.89. The molecule has 0 radical (unpaired) electrons. The Kier molecular flexibility index (Phi) is 5.58. The van der Waals surface area contributed by atoms with Crippen molar-refractivity contribution in [1.82, 2.24) is 0 Å². The third kappa shape index (κ3) is 4.18. The second kappa shape index (κ2) is 7.42. The van der Waals surface area contributed by atoms with Gasteiger partial charge in [0.2, 0.25) is 0 Å². The largest absolute Gasteiger partial charge is 0.276 e. The Balaban J connectivity index is 2.09. The van der Waals surface area contributed by atoms with Crippen molar-refractivity contribution in [3.8, 4) is 0 Å². The quantitative estimate of drug-likeness (QED) is 0.620. The van der Waals surface area contributed by atoms with Crippen molar-refractivity contribution < 1.29 is 4.79 Å². The molecule has 0 saturated heterocycles. The standard InChI is InChI=1S/C19H21ClO/c1-3-15(17-7-5-4-6-8-17)13-14(2)16-9-11-18(12-10-16)19(20)21/h4-12,14-15H,3,13H2,1-2H3. The van der Waals surface area contributed by atoms with E-state index in [1.54, 1.807) is 0 Å². The minimum Gasteiger partial charge on any atom is -0.276 e. The summed E-state index contributed by atoms with van der Waals surface area (Å²) in [6.07, 6.45) is 2.24.